The molecule has 80 valence electrons. The molecule has 1 N–H and O–H groups in total. The van der Waals surface area contributed by atoms with Crippen LogP contribution >= 0.6 is 0 Å². The molecule has 0 rings (SSSR count). The van der Waals surface area contributed by atoms with Gasteiger partial charge in [0.2, 0.25) is 0 Å². The van der Waals surface area contributed by atoms with Crippen molar-refractivity contribution in [3.05, 3.63) is 0 Å². The second-order valence-electron chi connectivity index (χ2n) is 3.65. The van der Waals surface area contributed by atoms with Crippen molar-refractivity contribution in [2.24, 2.45) is 5.92 Å². The lowest BCUT2D eigenvalue weighted by atomic mass is 9.99. The van der Waals surface area contributed by atoms with Gasteiger partial charge in [-0.3, -0.25) is 0 Å². The summed E-state index contributed by atoms with van der Waals surface area (Å²) in [6.45, 7) is 5.11. The molecule has 0 radical (unpaired) electrons. The van der Waals surface area contributed by atoms with Crippen molar-refractivity contribution in [2.45, 2.75) is 39.2 Å². The van der Waals surface area contributed by atoms with Gasteiger partial charge in [0, 0.05) is 13.7 Å². The van der Waals surface area contributed by atoms with E-state index in [1.165, 1.54) is 0 Å². The predicted octanol–water partition coefficient (Wildman–Crippen LogP) is 1.79. The zero-order valence-electron chi connectivity index (χ0n) is 8.95. The zero-order valence-corrected chi connectivity index (χ0v) is 8.95. The van der Waals surface area contributed by atoms with Gasteiger partial charge in [0.15, 0.2) is 0 Å². The summed E-state index contributed by atoms with van der Waals surface area (Å²) in [7, 11) is 1.62. The Hall–Kier alpha value is -0.120. The standard InChI is InChI=1S/C10H22O3/c1-9(7-10(2)11)5-4-6-13-8-12-3/h9-11H,4-8H2,1-3H3. The van der Waals surface area contributed by atoms with Crippen LogP contribution in [-0.2, 0) is 9.47 Å². The molecule has 2 atom stereocenters. The van der Waals surface area contributed by atoms with E-state index in [4.69, 9.17) is 14.6 Å². The number of aliphatic hydroxyl groups is 1. The van der Waals surface area contributed by atoms with Crippen molar-refractivity contribution in [2.75, 3.05) is 20.5 Å². The molecule has 3 nitrogen and oxygen atoms in total. The number of aliphatic hydroxyl groups excluding tert-OH is 1. The monoisotopic (exact) mass is 190 g/mol. The van der Waals surface area contributed by atoms with Gasteiger partial charge in [0.1, 0.15) is 6.79 Å². The van der Waals surface area contributed by atoms with Gasteiger partial charge in [-0.25, -0.2) is 0 Å². The largest absolute Gasteiger partial charge is 0.393 e. The second kappa shape index (κ2) is 8.48. The third-order valence-corrected chi connectivity index (χ3v) is 1.93. The SMILES string of the molecule is COCOCCCC(C)CC(C)O. The summed E-state index contributed by atoms with van der Waals surface area (Å²) in [5.74, 6) is 0.575. The third-order valence-electron chi connectivity index (χ3n) is 1.93. The summed E-state index contributed by atoms with van der Waals surface area (Å²) in [6, 6.07) is 0. The summed E-state index contributed by atoms with van der Waals surface area (Å²) in [4.78, 5) is 0. The van der Waals surface area contributed by atoms with E-state index in [0.29, 0.717) is 12.7 Å². The van der Waals surface area contributed by atoms with Gasteiger partial charge < -0.3 is 14.6 Å². The van der Waals surface area contributed by atoms with Crippen LogP contribution in [0.15, 0.2) is 0 Å². The first-order chi connectivity index (χ1) is 6.16. The number of hydrogen-bond acceptors (Lipinski definition) is 3. The van der Waals surface area contributed by atoms with Crippen LogP contribution in [0.1, 0.15) is 33.1 Å². The Morgan fingerprint density at radius 1 is 1.31 bits per heavy atom. The summed E-state index contributed by atoms with van der Waals surface area (Å²) in [5, 5.41) is 9.11. The average molecular weight is 190 g/mol. The quantitative estimate of drug-likeness (QED) is 0.468. The molecule has 3 heteroatoms. The first-order valence-corrected chi connectivity index (χ1v) is 4.91. The zero-order chi connectivity index (χ0) is 10.1. The van der Waals surface area contributed by atoms with Crippen molar-refractivity contribution >= 4 is 0 Å². The lowest BCUT2D eigenvalue weighted by molar-refractivity contribution is -0.0324. The van der Waals surface area contributed by atoms with Crippen molar-refractivity contribution < 1.29 is 14.6 Å². The number of hydrogen-bond donors (Lipinski definition) is 1. The molecule has 0 saturated carbocycles. The Labute approximate surface area is 81.0 Å². The maximum Gasteiger partial charge on any atom is 0.146 e. The lowest BCUT2D eigenvalue weighted by Gasteiger charge is -2.12. The van der Waals surface area contributed by atoms with Crippen molar-refractivity contribution in [1.29, 1.82) is 0 Å². The minimum absolute atomic E-state index is 0.185. The molecule has 0 amide bonds. The van der Waals surface area contributed by atoms with E-state index in [0.717, 1.165) is 25.9 Å². The highest BCUT2D eigenvalue weighted by molar-refractivity contribution is 4.57. The van der Waals surface area contributed by atoms with Crippen molar-refractivity contribution in [3.63, 3.8) is 0 Å². The van der Waals surface area contributed by atoms with E-state index in [1.807, 2.05) is 6.92 Å². The normalized spacial score (nSPS) is 15.7. The van der Waals surface area contributed by atoms with Crippen LogP contribution in [0.2, 0.25) is 0 Å². The molecular weight excluding hydrogens is 168 g/mol. The Kier molecular flexibility index (Phi) is 8.40. The highest BCUT2D eigenvalue weighted by Crippen LogP contribution is 2.12. The van der Waals surface area contributed by atoms with E-state index in [9.17, 15) is 0 Å². The van der Waals surface area contributed by atoms with Crippen LogP contribution in [0, 0.1) is 5.92 Å². The van der Waals surface area contributed by atoms with Crippen LogP contribution < -0.4 is 0 Å². The van der Waals surface area contributed by atoms with Gasteiger partial charge in [-0.15, -0.1) is 0 Å². The Balaban J connectivity index is 3.12. The molecule has 0 aromatic heterocycles. The van der Waals surface area contributed by atoms with Crippen molar-refractivity contribution in [3.8, 4) is 0 Å². The molecule has 0 bridgehead atoms. The molecule has 0 aromatic carbocycles. The van der Waals surface area contributed by atoms with Crippen LogP contribution in [0.3, 0.4) is 0 Å². The van der Waals surface area contributed by atoms with Crippen LogP contribution in [-0.4, -0.2) is 31.7 Å². The summed E-state index contributed by atoms with van der Waals surface area (Å²) < 4.78 is 9.90. The van der Waals surface area contributed by atoms with E-state index in [2.05, 4.69) is 6.92 Å². The first-order valence-electron chi connectivity index (χ1n) is 4.91. The van der Waals surface area contributed by atoms with Gasteiger partial charge in [-0.2, -0.15) is 0 Å². The fourth-order valence-corrected chi connectivity index (χ4v) is 1.38. The fourth-order valence-electron chi connectivity index (χ4n) is 1.38. The fraction of sp³-hybridized carbons (Fsp3) is 1.00. The minimum Gasteiger partial charge on any atom is -0.393 e. The van der Waals surface area contributed by atoms with Crippen LogP contribution in [0.5, 0.6) is 0 Å². The molecule has 0 fully saturated rings. The molecule has 0 aromatic rings. The lowest BCUT2D eigenvalue weighted by Crippen LogP contribution is -2.08. The second-order valence-corrected chi connectivity index (χ2v) is 3.65. The van der Waals surface area contributed by atoms with E-state index >= 15 is 0 Å². The molecule has 0 saturated heterocycles. The maximum atomic E-state index is 9.11. The molecule has 0 spiro atoms. The summed E-state index contributed by atoms with van der Waals surface area (Å²) in [6.07, 6.45) is 2.84. The average Bonchev–Trinajstić information content (AvgIpc) is 2.02. The van der Waals surface area contributed by atoms with Crippen LogP contribution in [0.4, 0.5) is 0 Å². The van der Waals surface area contributed by atoms with E-state index < -0.39 is 0 Å². The number of ether oxygens (including phenoxy) is 2. The van der Waals surface area contributed by atoms with Crippen LogP contribution in [0.25, 0.3) is 0 Å². The molecule has 0 aliphatic rings. The molecule has 13 heavy (non-hydrogen) atoms. The highest BCUT2D eigenvalue weighted by Gasteiger charge is 2.05. The highest BCUT2D eigenvalue weighted by atomic mass is 16.7. The predicted molar refractivity (Wildman–Crippen MR) is 52.5 cm³/mol. The topological polar surface area (TPSA) is 38.7 Å². The summed E-state index contributed by atoms with van der Waals surface area (Å²) >= 11 is 0. The Morgan fingerprint density at radius 2 is 2.00 bits per heavy atom. The van der Waals surface area contributed by atoms with E-state index in [1.54, 1.807) is 7.11 Å². The smallest absolute Gasteiger partial charge is 0.146 e. The van der Waals surface area contributed by atoms with Gasteiger partial charge in [-0.1, -0.05) is 6.92 Å². The Morgan fingerprint density at radius 3 is 2.54 bits per heavy atom. The minimum atomic E-state index is -0.185. The molecule has 2 unspecified atom stereocenters. The van der Waals surface area contributed by atoms with Gasteiger partial charge in [0.25, 0.3) is 0 Å². The van der Waals surface area contributed by atoms with Gasteiger partial charge in [-0.05, 0) is 32.1 Å². The maximum absolute atomic E-state index is 9.11. The molecular formula is C10H22O3. The number of methoxy groups -OCH3 is 1. The number of rotatable bonds is 8. The molecule has 0 aliphatic heterocycles. The molecule has 0 aliphatic carbocycles. The van der Waals surface area contributed by atoms with E-state index in [-0.39, 0.29) is 6.10 Å². The molecule has 0 heterocycles. The van der Waals surface area contributed by atoms with Gasteiger partial charge in [0.05, 0.1) is 6.10 Å². The Bertz CT molecular complexity index is 104. The first kappa shape index (κ1) is 12.9. The van der Waals surface area contributed by atoms with Gasteiger partial charge >= 0.3 is 0 Å². The third kappa shape index (κ3) is 9.80. The van der Waals surface area contributed by atoms with Crippen molar-refractivity contribution in [1.82, 2.24) is 0 Å². The summed E-state index contributed by atoms with van der Waals surface area (Å²) in [5.41, 5.74) is 0.